The highest BCUT2D eigenvalue weighted by atomic mass is 32.1. The second-order valence-electron chi connectivity index (χ2n) is 15.5. The van der Waals surface area contributed by atoms with Gasteiger partial charge in [0.25, 0.3) is 0 Å². The molecule has 8 heteroatoms. The van der Waals surface area contributed by atoms with Crippen LogP contribution in [0.2, 0.25) is 0 Å². The molecule has 54 heavy (non-hydrogen) atoms. The Balaban J connectivity index is 1.08. The first-order chi connectivity index (χ1) is 26.3. The normalized spacial score (nSPS) is 21.4. The van der Waals surface area contributed by atoms with E-state index >= 15 is 0 Å². The molecule has 2 aliphatic heterocycles. The van der Waals surface area contributed by atoms with Gasteiger partial charge in [-0.15, -0.1) is 22.7 Å². The van der Waals surface area contributed by atoms with Gasteiger partial charge in [0.1, 0.15) is 22.7 Å². The van der Waals surface area contributed by atoms with Gasteiger partial charge in [0.15, 0.2) is 0 Å². The second-order valence-corrected chi connectivity index (χ2v) is 17.6. The smallest absolute Gasteiger partial charge is 0.234 e. The minimum absolute atomic E-state index is 0.435. The number of carbonyl (C=O) groups is 4. The summed E-state index contributed by atoms with van der Waals surface area (Å²) in [6.45, 7) is 0. The Bertz CT molecular complexity index is 2420. The topological polar surface area (TPSA) is 86.7 Å². The third kappa shape index (κ3) is 4.56. The van der Waals surface area contributed by atoms with Gasteiger partial charge >= 0.3 is 0 Å². The number of fused-ring (bicyclic) bond motifs is 10. The summed E-state index contributed by atoms with van der Waals surface area (Å²) in [7, 11) is 0. The van der Waals surface area contributed by atoms with E-state index in [-0.39, 0.29) is 0 Å². The fourth-order valence-electron chi connectivity index (χ4n) is 9.84. The number of rotatable bonds is 2. The highest BCUT2D eigenvalue weighted by Crippen LogP contribution is 2.60. The number of allylic oxidation sites excluding steroid dienone is 2. The zero-order valence-corrected chi connectivity index (χ0v) is 31.1. The quantitative estimate of drug-likeness (QED) is 0.132. The Morgan fingerprint density at radius 1 is 0.463 bits per heavy atom. The van der Waals surface area contributed by atoms with E-state index in [0.29, 0.717) is 33.4 Å². The number of hydrogen-bond acceptors (Lipinski definition) is 8. The van der Waals surface area contributed by atoms with Crippen LogP contribution in [-0.2, 0) is 20.8 Å². The van der Waals surface area contributed by atoms with Crippen molar-refractivity contribution in [2.45, 2.75) is 75.4 Å². The van der Waals surface area contributed by atoms with Gasteiger partial charge in [-0.3, -0.25) is 19.2 Å². The first-order valence-electron chi connectivity index (χ1n) is 19.0. The Morgan fingerprint density at radius 3 is 1.26 bits per heavy atom. The van der Waals surface area contributed by atoms with Crippen molar-refractivity contribution in [3.63, 3.8) is 0 Å². The third-order valence-corrected chi connectivity index (χ3v) is 14.6. The van der Waals surface area contributed by atoms with E-state index in [0.717, 1.165) is 82.4 Å². The van der Waals surface area contributed by atoms with Gasteiger partial charge < -0.3 is 9.47 Å². The van der Waals surface area contributed by atoms with Crippen LogP contribution in [0.25, 0.3) is 44.2 Å². The van der Waals surface area contributed by atoms with Crippen molar-refractivity contribution in [2.75, 3.05) is 0 Å². The number of ketones is 4. The summed E-state index contributed by atoms with van der Waals surface area (Å²) in [6.07, 6.45) is 14.0. The van der Waals surface area contributed by atoms with E-state index in [1.807, 2.05) is 36.4 Å². The molecule has 4 aliphatic carbocycles. The highest BCUT2D eigenvalue weighted by molar-refractivity contribution is 7.17. The fraction of sp³-hybridized carbons (Fsp3) is 0.261. The molecule has 2 fully saturated rings. The zero-order valence-electron chi connectivity index (χ0n) is 29.4. The summed E-state index contributed by atoms with van der Waals surface area (Å²) in [5, 5.41) is 0. The van der Waals surface area contributed by atoms with Crippen molar-refractivity contribution >= 4 is 69.1 Å². The first-order valence-corrected chi connectivity index (χ1v) is 20.6. The average molecular weight is 747 g/mol. The largest absolute Gasteiger partial charge is 0.481 e. The molecule has 0 atom stereocenters. The van der Waals surface area contributed by atoms with Crippen LogP contribution in [0, 0.1) is 0 Å². The highest BCUT2D eigenvalue weighted by Gasteiger charge is 2.48. The van der Waals surface area contributed by atoms with Crippen LogP contribution >= 0.6 is 22.7 Å². The van der Waals surface area contributed by atoms with Crippen LogP contribution in [0.3, 0.4) is 0 Å². The SMILES string of the molecule is O=C1C(=O)c2ccccc2/C1=C/c1cc2c(s1)-c1cc3c(cc1C1(CCCCC1)O2)-c1sc(/C=C2\C(=O)C(=O)c4ccccc42)cc1OC31CCCCC1. The fourth-order valence-corrected chi connectivity index (χ4v) is 12.0. The molecule has 0 radical (unpaired) electrons. The van der Waals surface area contributed by atoms with Crippen LogP contribution < -0.4 is 9.47 Å². The Kier molecular flexibility index (Phi) is 6.97. The lowest BCUT2D eigenvalue weighted by Gasteiger charge is -2.45. The van der Waals surface area contributed by atoms with Crippen molar-refractivity contribution in [2.24, 2.45) is 0 Å². The maximum absolute atomic E-state index is 13.2. The lowest BCUT2D eigenvalue weighted by Crippen LogP contribution is -2.40. The van der Waals surface area contributed by atoms with Gasteiger partial charge in [0.2, 0.25) is 23.1 Å². The summed E-state index contributed by atoms with van der Waals surface area (Å²) < 4.78 is 14.3. The van der Waals surface area contributed by atoms with Crippen molar-refractivity contribution in [1.82, 2.24) is 0 Å². The summed E-state index contributed by atoms with van der Waals surface area (Å²) in [4.78, 5) is 55.9. The molecule has 0 amide bonds. The second kappa shape index (κ2) is 11.7. The maximum atomic E-state index is 13.2. The Morgan fingerprint density at radius 2 is 0.852 bits per heavy atom. The monoisotopic (exact) mass is 746 g/mol. The molecule has 3 aromatic carbocycles. The molecule has 2 saturated carbocycles. The molecule has 6 aliphatic rings. The van der Waals surface area contributed by atoms with Gasteiger partial charge in [0, 0.05) is 54.3 Å². The van der Waals surface area contributed by atoms with E-state index in [1.165, 1.54) is 35.1 Å². The standard InChI is InChI=1S/C46H34O6S2/c47-39-29-13-5-3-11-27(29)31(41(39)49)19-25-21-37-43(53-25)33-24-36-34(23-35(33)45(51-37)15-7-1-8-16-45)44-38(52-46(36)17-9-2-10-18-46)22-26(54-44)20-32-28-12-4-6-14-30(28)40(48)42(32)50/h3-6,11-14,19-24H,1-2,7-10,15-18H2/b31-19-,32-20-. The lowest BCUT2D eigenvalue weighted by molar-refractivity contribution is -0.110. The van der Waals surface area contributed by atoms with Gasteiger partial charge in [-0.2, -0.15) is 0 Å². The first kappa shape index (κ1) is 32.3. The number of thiophene rings is 2. The third-order valence-electron chi connectivity index (χ3n) is 12.4. The van der Waals surface area contributed by atoms with Crippen LogP contribution in [0.5, 0.6) is 11.5 Å². The molecule has 266 valence electrons. The van der Waals surface area contributed by atoms with Crippen LogP contribution in [-0.4, -0.2) is 23.1 Å². The van der Waals surface area contributed by atoms with Crippen LogP contribution in [0.1, 0.15) is 117 Å². The zero-order chi connectivity index (χ0) is 36.3. The number of hydrogen-bond donors (Lipinski definition) is 0. The lowest BCUT2D eigenvalue weighted by atomic mass is 9.71. The molecule has 0 N–H and O–H groups in total. The van der Waals surface area contributed by atoms with Crippen LogP contribution in [0.4, 0.5) is 0 Å². The van der Waals surface area contributed by atoms with E-state index in [1.54, 1.807) is 46.9 Å². The minimum Gasteiger partial charge on any atom is -0.481 e. The van der Waals surface area contributed by atoms with Crippen LogP contribution in [0.15, 0.2) is 72.8 Å². The Labute approximate surface area is 320 Å². The summed E-state index contributed by atoms with van der Waals surface area (Å²) >= 11 is 3.22. The van der Waals surface area contributed by atoms with Crippen molar-refractivity contribution < 1.29 is 28.7 Å². The summed E-state index contributed by atoms with van der Waals surface area (Å²) in [5.74, 6) is -0.164. The van der Waals surface area contributed by atoms with Gasteiger partial charge in [0.05, 0.1) is 9.75 Å². The predicted molar refractivity (Wildman–Crippen MR) is 211 cm³/mol. The number of ether oxygens (including phenoxy) is 2. The van der Waals surface area contributed by atoms with Gasteiger partial charge in [-0.25, -0.2) is 0 Å². The molecule has 6 nitrogen and oxygen atoms in total. The molecule has 0 unspecified atom stereocenters. The molecule has 4 heterocycles. The number of Topliss-reactive ketones (excluding diaryl/α,β-unsaturated/α-hetero) is 4. The molecule has 11 rings (SSSR count). The van der Waals surface area contributed by atoms with E-state index in [4.69, 9.17) is 9.47 Å². The Hall–Kier alpha value is -5.18. The predicted octanol–water partition coefficient (Wildman–Crippen LogP) is 10.9. The molecule has 2 spiro atoms. The minimum atomic E-state index is -0.479. The van der Waals surface area contributed by atoms with E-state index < -0.39 is 34.3 Å². The number of benzene rings is 3. The summed E-state index contributed by atoms with van der Waals surface area (Å²) in [5.41, 5.74) is 6.94. The van der Waals surface area contributed by atoms with Gasteiger partial charge in [-0.05, 0) is 98.9 Å². The molecule has 0 saturated heterocycles. The van der Waals surface area contributed by atoms with E-state index in [9.17, 15) is 19.2 Å². The molecule has 5 aromatic rings. The summed E-state index contributed by atoms with van der Waals surface area (Å²) in [6, 6.07) is 23.3. The van der Waals surface area contributed by atoms with Crippen molar-refractivity contribution in [1.29, 1.82) is 0 Å². The maximum Gasteiger partial charge on any atom is 0.234 e. The average Bonchev–Trinajstić information content (AvgIpc) is 3.92. The molecular formula is C46H34O6S2. The van der Waals surface area contributed by atoms with Crippen molar-refractivity contribution in [3.05, 3.63) is 116 Å². The number of carbonyl (C=O) groups excluding carboxylic acids is 4. The van der Waals surface area contributed by atoms with E-state index in [2.05, 4.69) is 24.3 Å². The van der Waals surface area contributed by atoms with Gasteiger partial charge in [-0.1, -0.05) is 61.4 Å². The molecule has 0 bridgehead atoms. The van der Waals surface area contributed by atoms with Crippen molar-refractivity contribution in [3.8, 4) is 32.4 Å². The molecular weight excluding hydrogens is 713 g/mol. The molecule has 2 aromatic heterocycles.